The minimum absolute atomic E-state index is 0.188. The van der Waals surface area contributed by atoms with E-state index < -0.39 is 5.60 Å². The van der Waals surface area contributed by atoms with E-state index in [0.29, 0.717) is 12.3 Å². The third-order valence-electron chi connectivity index (χ3n) is 9.71. The molecule has 0 unspecified atom stereocenters. The van der Waals surface area contributed by atoms with E-state index in [1.54, 1.807) is 0 Å². The Morgan fingerprint density at radius 3 is 2.69 bits per heavy atom. The molecule has 0 spiro atoms. The molecule has 4 saturated carbocycles. The highest BCUT2D eigenvalue weighted by Gasteiger charge is 2.58. The number of Topliss-reactive ketones (excluding diaryl/α,β-unsaturated/α-hetero) is 1. The quantitative estimate of drug-likeness (QED) is 0.800. The Balaban J connectivity index is 1.31. The van der Waals surface area contributed by atoms with Gasteiger partial charge in [-0.1, -0.05) is 12.4 Å². The van der Waals surface area contributed by atoms with Gasteiger partial charge in [-0.15, -0.1) is 0 Å². The summed E-state index contributed by atoms with van der Waals surface area (Å²) >= 11 is 0. The predicted octanol–water partition coefficient (Wildman–Crippen LogP) is 2.73. The van der Waals surface area contributed by atoms with Crippen LogP contribution >= 0.6 is 0 Å². The van der Waals surface area contributed by atoms with Crippen molar-refractivity contribution in [2.45, 2.75) is 83.8 Å². The number of carbonyl (C=O) groups excluding carboxylic acids is 1. The van der Waals surface area contributed by atoms with Gasteiger partial charge in [0.05, 0.1) is 12.1 Å². The zero-order valence-corrected chi connectivity index (χ0v) is 18.4. The van der Waals surface area contributed by atoms with Crippen LogP contribution in [0.3, 0.4) is 0 Å². The van der Waals surface area contributed by atoms with Crippen molar-refractivity contribution in [2.75, 3.05) is 0 Å². The van der Waals surface area contributed by atoms with Crippen molar-refractivity contribution in [2.24, 2.45) is 40.9 Å². The van der Waals surface area contributed by atoms with Gasteiger partial charge in [0.2, 0.25) is 0 Å². The van der Waals surface area contributed by atoms with Crippen molar-refractivity contribution in [3.05, 3.63) is 12.4 Å². The molecule has 1 heterocycles. The number of ketones is 1. The molecule has 5 heteroatoms. The number of hydrogen-bond acceptors (Lipinski definition) is 3. The molecule has 0 saturated heterocycles. The molecule has 158 valence electrons. The van der Waals surface area contributed by atoms with Gasteiger partial charge < -0.3 is 5.11 Å². The van der Waals surface area contributed by atoms with Gasteiger partial charge >= 0.3 is 0 Å². The molecule has 0 aromatic carbocycles. The number of fused-ring (bicyclic) bond motifs is 5. The second-order valence-electron chi connectivity index (χ2n) is 11.5. The highest BCUT2D eigenvalue weighted by Crippen LogP contribution is 2.64. The van der Waals surface area contributed by atoms with Crippen LogP contribution in [0.15, 0.2) is 12.4 Å². The summed E-state index contributed by atoms with van der Waals surface area (Å²) in [5.74, 6) is 4.53. The molecule has 1 N–H and O–H groups in total. The number of nitrogens with zero attached hydrogens (tertiary/aromatic N) is 2. The first-order chi connectivity index (χ1) is 13.8. The van der Waals surface area contributed by atoms with Crippen LogP contribution in [-0.2, 0) is 11.3 Å². The lowest BCUT2D eigenvalue weighted by Gasteiger charge is -2.56. The Labute approximate surface area is 176 Å². The molecule has 0 aliphatic heterocycles. The topological polar surface area (TPSA) is 55.1 Å². The van der Waals surface area contributed by atoms with Crippen LogP contribution in [0, 0.1) is 40.9 Å². The van der Waals surface area contributed by atoms with Gasteiger partial charge in [0, 0.05) is 18.3 Å². The zero-order valence-electron chi connectivity index (χ0n) is 18.4. The Hall–Kier alpha value is -1.10. The second-order valence-corrected chi connectivity index (χ2v) is 11.5. The van der Waals surface area contributed by atoms with Crippen molar-refractivity contribution >= 4 is 19.1 Å². The number of rotatable bonds is 3. The zero-order chi connectivity index (χ0) is 20.4. The van der Waals surface area contributed by atoms with E-state index in [1.807, 2.05) is 31.8 Å². The van der Waals surface area contributed by atoms with Gasteiger partial charge in [-0.3, -0.25) is 9.48 Å². The smallest absolute Gasteiger partial charge is 0.157 e. The molecule has 0 radical (unpaired) electrons. The summed E-state index contributed by atoms with van der Waals surface area (Å²) in [6.07, 6.45) is 14.5. The molecular weight excluding hydrogens is 359 g/mol. The van der Waals surface area contributed by atoms with Crippen LogP contribution in [-0.4, -0.2) is 34.1 Å². The first kappa shape index (κ1) is 19.8. The molecule has 1 aromatic heterocycles. The van der Waals surface area contributed by atoms with E-state index in [0.717, 1.165) is 54.3 Å². The Bertz CT molecular complexity index is 790. The fraction of sp³-hybridized carbons (Fsp3) is 0.833. The average molecular weight is 396 g/mol. The lowest BCUT2D eigenvalue weighted by Crippen LogP contribution is -2.51. The summed E-state index contributed by atoms with van der Waals surface area (Å²) in [5, 5.41) is 14.9. The Morgan fingerprint density at radius 1 is 1.14 bits per heavy atom. The molecule has 29 heavy (non-hydrogen) atoms. The third-order valence-corrected chi connectivity index (χ3v) is 9.71. The van der Waals surface area contributed by atoms with Crippen molar-refractivity contribution in [3.63, 3.8) is 0 Å². The first-order valence-electron chi connectivity index (χ1n) is 12.0. The van der Waals surface area contributed by atoms with E-state index in [9.17, 15) is 9.90 Å². The highest BCUT2D eigenvalue weighted by atomic mass is 16.3. The Morgan fingerprint density at radius 2 is 1.93 bits per heavy atom. The lowest BCUT2D eigenvalue weighted by atomic mass is 9.49. The van der Waals surface area contributed by atoms with Crippen molar-refractivity contribution < 1.29 is 9.90 Å². The Kier molecular flexibility index (Phi) is 4.77. The molecule has 0 bridgehead atoms. The van der Waals surface area contributed by atoms with Gasteiger partial charge in [-0.05, 0) is 99.7 Å². The third kappa shape index (κ3) is 3.32. The summed E-state index contributed by atoms with van der Waals surface area (Å²) in [5.41, 5.74) is 0.873. The van der Waals surface area contributed by atoms with Crippen LogP contribution in [0.4, 0.5) is 0 Å². The van der Waals surface area contributed by atoms with Crippen LogP contribution in [0.25, 0.3) is 0 Å². The summed E-state index contributed by atoms with van der Waals surface area (Å²) < 4.78 is 1.83. The molecule has 8 atom stereocenters. The number of aliphatic hydroxyl groups is 1. The maximum absolute atomic E-state index is 13.3. The minimum Gasteiger partial charge on any atom is -0.390 e. The van der Waals surface area contributed by atoms with Crippen molar-refractivity contribution in [1.29, 1.82) is 0 Å². The fourth-order valence-corrected chi connectivity index (χ4v) is 8.43. The van der Waals surface area contributed by atoms with Crippen LogP contribution in [0.1, 0.15) is 71.6 Å². The van der Waals surface area contributed by atoms with Crippen molar-refractivity contribution in [1.82, 2.24) is 9.78 Å². The average Bonchev–Trinajstić information content (AvgIpc) is 3.22. The van der Waals surface area contributed by atoms with Crippen LogP contribution < -0.4 is 5.46 Å². The van der Waals surface area contributed by atoms with E-state index in [4.69, 9.17) is 0 Å². The van der Waals surface area contributed by atoms with E-state index in [1.165, 1.54) is 38.5 Å². The molecule has 4 nitrogen and oxygen atoms in total. The van der Waals surface area contributed by atoms with Gasteiger partial charge in [-0.25, -0.2) is 0 Å². The largest absolute Gasteiger partial charge is 0.390 e. The van der Waals surface area contributed by atoms with Crippen LogP contribution in [0.5, 0.6) is 0 Å². The standard InChI is InChI=1S/C24H37BN2O2/c1-23(29)9-7-17-15(11-23)3-4-19-18(17)8-10-24(2)20(19)5-6-21(24)22(28)14-27-13-16(25)12-26-27/h12-13,15,17-21,29H,3-11,14,25H2,1-2H3/t15-,17+,18-,19-,20+,21-,23-,24+/m1/s1. The molecular formula is C24H37BN2O2. The summed E-state index contributed by atoms with van der Waals surface area (Å²) in [7, 11) is 2.03. The molecule has 1 aromatic rings. The highest BCUT2D eigenvalue weighted by molar-refractivity contribution is 6.31. The predicted molar refractivity (Wildman–Crippen MR) is 117 cm³/mol. The second kappa shape index (κ2) is 6.97. The molecule has 4 aliphatic carbocycles. The maximum Gasteiger partial charge on any atom is 0.157 e. The first-order valence-corrected chi connectivity index (χ1v) is 12.0. The minimum atomic E-state index is -0.438. The van der Waals surface area contributed by atoms with Gasteiger partial charge in [0.25, 0.3) is 0 Å². The molecule has 4 fully saturated rings. The van der Waals surface area contributed by atoms with Crippen molar-refractivity contribution in [3.8, 4) is 0 Å². The normalized spacial score (nSPS) is 46.6. The number of carbonyl (C=O) groups is 1. The molecule has 4 aliphatic rings. The lowest BCUT2D eigenvalue weighted by molar-refractivity contribution is -0.133. The fourth-order valence-electron chi connectivity index (χ4n) is 8.43. The van der Waals surface area contributed by atoms with Gasteiger partial charge in [0.15, 0.2) is 5.78 Å². The monoisotopic (exact) mass is 396 g/mol. The number of aromatic nitrogens is 2. The number of hydrogen-bond donors (Lipinski definition) is 1. The van der Waals surface area contributed by atoms with Gasteiger partial charge in [0.1, 0.15) is 7.85 Å². The summed E-state index contributed by atoms with van der Waals surface area (Å²) in [6, 6.07) is 0. The van der Waals surface area contributed by atoms with E-state index in [-0.39, 0.29) is 11.3 Å². The summed E-state index contributed by atoms with van der Waals surface area (Å²) in [6.45, 7) is 4.92. The van der Waals surface area contributed by atoms with Gasteiger partial charge in [-0.2, -0.15) is 5.10 Å². The SMILES string of the molecule is Bc1cnn(CC(=O)[C@H]2CC[C@H]3[C@@H]4CC[C@@H]5C[C@](C)(O)CC[C@@H]5[C@H]4CC[C@]23C)c1. The summed E-state index contributed by atoms with van der Waals surface area (Å²) in [4.78, 5) is 13.3. The van der Waals surface area contributed by atoms with E-state index in [2.05, 4.69) is 12.0 Å². The molecule has 5 rings (SSSR count). The molecule has 0 amide bonds. The maximum atomic E-state index is 13.3. The van der Waals surface area contributed by atoms with E-state index >= 15 is 0 Å². The van der Waals surface area contributed by atoms with Crippen LogP contribution in [0.2, 0.25) is 0 Å².